The second-order valence-corrected chi connectivity index (χ2v) is 6.69. The van der Waals surface area contributed by atoms with Crippen molar-refractivity contribution in [1.29, 1.82) is 0 Å². The molecule has 0 aliphatic carbocycles. The summed E-state index contributed by atoms with van der Waals surface area (Å²) in [6.07, 6.45) is -6.16. The Morgan fingerprint density at radius 2 is 2.05 bits per heavy atom. The van der Waals surface area contributed by atoms with E-state index in [0.717, 1.165) is 11.3 Å². The largest absolute Gasteiger partial charge is 0.397 e. The van der Waals surface area contributed by atoms with Gasteiger partial charge in [0, 0.05) is 4.88 Å². The Morgan fingerprint density at radius 3 is 2.47 bits per heavy atom. The molecule has 1 aromatic rings. The second-order valence-electron chi connectivity index (χ2n) is 3.78. The summed E-state index contributed by atoms with van der Waals surface area (Å²) in [7, 11) is -3.85. The van der Waals surface area contributed by atoms with E-state index in [1.807, 2.05) is 0 Å². The Balaban J connectivity index is 2.72. The lowest BCUT2D eigenvalue weighted by Gasteiger charge is -2.13. The molecule has 0 radical (unpaired) electrons. The summed E-state index contributed by atoms with van der Waals surface area (Å²) in [5, 5.41) is 7.03. The summed E-state index contributed by atoms with van der Waals surface area (Å²) in [6.45, 7) is 1.45. The van der Waals surface area contributed by atoms with Crippen LogP contribution in [0.2, 0.25) is 0 Å². The van der Waals surface area contributed by atoms with Crippen molar-refractivity contribution >= 4 is 27.3 Å². The van der Waals surface area contributed by atoms with Crippen LogP contribution in [0.3, 0.4) is 0 Å². The van der Waals surface area contributed by atoms with Crippen LogP contribution in [-0.2, 0) is 14.8 Å². The average molecular weight is 316 g/mol. The van der Waals surface area contributed by atoms with E-state index in [1.54, 1.807) is 0 Å². The molecule has 1 aromatic heterocycles. The first kappa shape index (κ1) is 15.9. The van der Waals surface area contributed by atoms with Gasteiger partial charge in [-0.3, -0.25) is 4.79 Å². The molecule has 0 spiro atoms. The minimum Gasteiger partial charge on any atom is -0.348 e. The zero-order valence-electron chi connectivity index (χ0n) is 9.69. The Morgan fingerprint density at radius 1 is 1.47 bits per heavy atom. The molecular weight excluding hydrogens is 305 g/mol. The van der Waals surface area contributed by atoms with Gasteiger partial charge in [0.25, 0.3) is 0 Å². The normalized spacial score (nSPS) is 14.2. The predicted molar refractivity (Wildman–Crippen MR) is 62.9 cm³/mol. The topological polar surface area (TPSA) is 89.3 Å². The van der Waals surface area contributed by atoms with Gasteiger partial charge < -0.3 is 5.32 Å². The number of hydrogen-bond acceptors (Lipinski definition) is 4. The molecule has 19 heavy (non-hydrogen) atoms. The quantitative estimate of drug-likeness (QED) is 0.882. The number of nitrogens with one attached hydrogen (secondary N) is 1. The zero-order chi connectivity index (χ0) is 14.8. The van der Waals surface area contributed by atoms with Crippen LogP contribution in [0.5, 0.6) is 0 Å². The summed E-state index contributed by atoms with van der Waals surface area (Å²) in [6, 6.07) is 1.90. The first-order valence-corrected chi connectivity index (χ1v) is 7.34. The van der Waals surface area contributed by atoms with Crippen molar-refractivity contribution in [2.45, 2.75) is 29.8 Å². The Kier molecular flexibility index (Phi) is 4.59. The molecule has 5 nitrogen and oxygen atoms in total. The minimum atomic E-state index is -4.58. The van der Waals surface area contributed by atoms with Crippen LogP contribution in [0, 0.1) is 0 Å². The summed E-state index contributed by atoms with van der Waals surface area (Å²) >= 11 is 0.799. The van der Waals surface area contributed by atoms with Crippen LogP contribution >= 0.6 is 11.3 Å². The van der Waals surface area contributed by atoms with Gasteiger partial charge in [-0.1, -0.05) is 0 Å². The van der Waals surface area contributed by atoms with Crippen molar-refractivity contribution < 1.29 is 26.4 Å². The molecule has 0 aromatic carbocycles. The Hall–Kier alpha value is -1.13. The molecule has 0 aliphatic heterocycles. The lowest BCUT2D eigenvalue weighted by Crippen LogP contribution is -2.30. The van der Waals surface area contributed by atoms with E-state index in [4.69, 9.17) is 5.14 Å². The highest BCUT2D eigenvalue weighted by atomic mass is 32.2. The zero-order valence-corrected chi connectivity index (χ0v) is 11.3. The maximum atomic E-state index is 12.0. The van der Waals surface area contributed by atoms with Crippen molar-refractivity contribution in [2.75, 3.05) is 0 Å². The van der Waals surface area contributed by atoms with Crippen LogP contribution in [0.1, 0.15) is 24.3 Å². The predicted octanol–water partition coefficient (Wildman–Crippen LogP) is 1.53. The smallest absolute Gasteiger partial charge is 0.348 e. The molecule has 0 saturated carbocycles. The minimum absolute atomic E-state index is 0.112. The molecule has 1 heterocycles. The first-order valence-electron chi connectivity index (χ1n) is 4.97. The summed E-state index contributed by atoms with van der Waals surface area (Å²) in [5.74, 6) is -1.18. The molecule has 10 heteroatoms. The molecule has 0 aliphatic rings. The van der Waals surface area contributed by atoms with Gasteiger partial charge in [0.1, 0.15) is 10.6 Å². The van der Waals surface area contributed by atoms with Gasteiger partial charge in [-0.25, -0.2) is 13.6 Å². The van der Waals surface area contributed by atoms with Crippen molar-refractivity contribution in [3.05, 3.63) is 17.0 Å². The number of sulfonamides is 1. The Bertz CT molecular complexity index is 566. The van der Waals surface area contributed by atoms with Crippen LogP contribution in [0.15, 0.2) is 16.3 Å². The van der Waals surface area contributed by atoms with E-state index < -0.39 is 34.6 Å². The van der Waals surface area contributed by atoms with Crippen molar-refractivity contribution in [1.82, 2.24) is 5.32 Å². The molecule has 3 N–H and O–H groups in total. The average Bonchev–Trinajstić information content (AvgIpc) is 2.61. The number of primary sulfonamides is 1. The van der Waals surface area contributed by atoms with E-state index in [0.29, 0.717) is 4.88 Å². The molecular formula is C9H11F3N2O3S2. The summed E-state index contributed by atoms with van der Waals surface area (Å²) in [4.78, 5) is 11.5. The molecule has 108 valence electrons. The number of nitrogens with two attached hydrogens (primary N) is 1. The number of hydrogen-bond donors (Lipinski definition) is 2. The number of thiophene rings is 1. The standard InChI is InChI=1S/C9H11F3N2O3S2/c1-5(14-7(15)4-9(10,11)12)6-2-3-8(18-6)19(13,16)17/h2-3,5H,4H2,1H3,(H,14,15)(H2,13,16,17). The highest BCUT2D eigenvalue weighted by Gasteiger charge is 2.31. The van der Waals surface area contributed by atoms with Crippen LogP contribution < -0.4 is 10.5 Å². The fourth-order valence-electron chi connectivity index (χ4n) is 1.27. The molecule has 0 fully saturated rings. The van der Waals surface area contributed by atoms with Gasteiger partial charge in [-0.05, 0) is 19.1 Å². The summed E-state index contributed by atoms with van der Waals surface area (Å²) in [5.41, 5.74) is 0. The Labute approximate surface area is 111 Å². The molecule has 1 rings (SSSR count). The third kappa shape index (κ3) is 5.17. The third-order valence-corrected chi connectivity index (χ3v) is 4.75. The highest BCUT2D eigenvalue weighted by Crippen LogP contribution is 2.26. The second kappa shape index (κ2) is 5.47. The van der Waals surface area contributed by atoms with Gasteiger partial charge in [0.2, 0.25) is 15.9 Å². The van der Waals surface area contributed by atoms with Gasteiger partial charge >= 0.3 is 6.18 Å². The van der Waals surface area contributed by atoms with E-state index in [9.17, 15) is 26.4 Å². The molecule has 1 atom stereocenters. The van der Waals surface area contributed by atoms with E-state index in [2.05, 4.69) is 5.32 Å². The SMILES string of the molecule is CC(NC(=O)CC(F)(F)F)c1ccc(S(N)(=O)=O)s1. The number of amides is 1. The fraction of sp³-hybridized carbons (Fsp3) is 0.444. The first-order chi connectivity index (χ1) is 8.49. The van der Waals surface area contributed by atoms with Crippen molar-refractivity contribution in [3.8, 4) is 0 Å². The van der Waals surface area contributed by atoms with Gasteiger partial charge in [0.05, 0.1) is 6.04 Å². The molecule has 0 bridgehead atoms. The van der Waals surface area contributed by atoms with Gasteiger partial charge in [0.15, 0.2) is 0 Å². The maximum absolute atomic E-state index is 12.0. The van der Waals surface area contributed by atoms with Crippen LogP contribution in [0.4, 0.5) is 13.2 Å². The van der Waals surface area contributed by atoms with Crippen LogP contribution in [0.25, 0.3) is 0 Å². The highest BCUT2D eigenvalue weighted by molar-refractivity contribution is 7.91. The van der Waals surface area contributed by atoms with Crippen molar-refractivity contribution in [3.63, 3.8) is 0 Å². The van der Waals surface area contributed by atoms with E-state index in [1.165, 1.54) is 19.1 Å². The van der Waals surface area contributed by atoms with Crippen LogP contribution in [-0.4, -0.2) is 20.5 Å². The van der Waals surface area contributed by atoms with Crippen molar-refractivity contribution in [2.24, 2.45) is 5.14 Å². The lowest BCUT2D eigenvalue weighted by atomic mass is 10.2. The third-order valence-electron chi connectivity index (χ3n) is 2.05. The molecule has 1 unspecified atom stereocenters. The monoisotopic (exact) mass is 316 g/mol. The number of halogens is 3. The number of alkyl halides is 3. The van der Waals surface area contributed by atoms with E-state index >= 15 is 0 Å². The lowest BCUT2D eigenvalue weighted by molar-refractivity contribution is -0.154. The maximum Gasteiger partial charge on any atom is 0.397 e. The van der Waals surface area contributed by atoms with Gasteiger partial charge in [-0.2, -0.15) is 13.2 Å². The number of rotatable bonds is 4. The van der Waals surface area contributed by atoms with E-state index in [-0.39, 0.29) is 4.21 Å². The number of carbonyl (C=O) groups is 1. The number of carbonyl (C=O) groups excluding carboxylic acids is 1. The molecule has 1 amide bonds. The fourth-order valence-corrected chi connectivity index (χ4v) is 3.02. The summed E-state index contributed by atoms with van der Waals surface area (Å²) < 4.78 is 57.8. The van der Waals surface area contributed by atoms with Gasteiger partial charge in [-0.15, -0.1) is 11.3 Å². The molecule has 0 saturated heterocycles.